The molecule has 1 N–H and O–H groups in total. The third-order valence-corrected chi connectivity index (χ3v) is 2.49. The van der Waals surface area contributed by atoms with Crippen LogP contribution >= 0.6 is 0 Å². The van der Waals surface area contributed by atoms with Crippen LogP contribution in [-0.4, -0.2) is 48.9 Å². The van der Waals surface area contributed by atoms with Crippen molar-refractivity contribution < 1.29 is 27.8 Å². The summed E-state index contributed by atoms with van der Waals surface area (Å²) in [6, 6.07) is 6.58. The second kappa shape index (κ2) is 7.68. The van der Waals surface area contributed by atoms with Gasteiger partial charge in [-0.2, -0.15) is 13.2 Å². The third kappa shape index (κ3) is 7.98. The van der Waals surface area contributed by atoms with E-state index >= 15 is 0 Å². The standard InChI is InChI=1S/C14H16F3NO3/c1-18(10-14(15,16)17)8-9-21-12-5-2-11(3-6-12)4-7-13(19)20/h2-7H,8-10H2,1H3,(H,19,20). The number of aliphatic carboxylic acids is 1. The van der Waals surface area contributed by atoms with Crippen molar-refractivity contribution in [1.29, 1.82) is 0 Å². The second-order valence-corrected chi connectivity index (χ2v) is 4.44. The Hall–Kier alpha value is -2.02. The molecule has 0 unspecified atom stereocenters. The van der Waals surface area contributed by atoms with Gasteiger partial charge in [0.05, 0.1) is 6.54 Å². The van der Waals surface area contributed by atoms with Crippen LogP contribution in [0.25, 0.3) is 6.08 Å². The molecule has 1 rings (SSSR count). The molecule has 0 saturated heterocycles. The molecule has 21 heavy (non-hydrogen) atoms. The van der Waals surface area contributed by atoms with E-state index in [2.05, 4.69) is 0 Å². The largest absolute Gasteiger partial charge is 0.492 e. The van der Waals surface area contributed by atoms with Gasteiger partial charge in [-0.25, -0.2) is 4.79 Å². The summed E-state index contributed by atoms with van der Waals surface area (Å²) in [5.41, 5.74) is 0.693. The number of carboxylic acids is 1. The number of alkyl halides is 3. The van der Waals surface area contributed by atoms with Crippen LogP contribution in [0.5, 0.6) is 5.75 Å². The van der Waals surface area contributed by atoms with Gasteiger partial charge in [0, 0.05) is 12.6 Å². The quantitative estimate of drug-likeness (QED) is 0.787. The Morgan fingerprint density at radius 2 is 1.95 bits per heavy atom. The van der Waals surface area contributed by atoms with Crippen molar-refractivity contribution in [2.24, 2.45) is 0 Å². The van der Waals surface area contributed by atoms with E-state index in [0.29, 0.717) is 11.3 Å². The van der Waals surface area contributed by atoms with Crippen molar-refractivity contribution >= 4 is 12.0 Å². The van der Waals surface area contributed by atoms with Gasteiger partial charge < -0.3 is 9.84 Å². The molecule has 0 aliphatic heterocycles. The average Bonchev–Trinajstić information content (AvgIpc) is 2.35. The molecule has 1 aromatic rings. The molecule has 0 amide bonds. The van der Waals surface area contributed by atoms with E-state index in [1.165, 1.54) is 13.1 Å². The molecule has 116 valence electrons. The van der Waals surface area contributed by atoms with Crippen molar-refractivity contribution in [3.05, 3.63) is 35.9 Å². The summed E-state index contributed by atoms with van der Waals surface area (Å²) < 4.78 is 41.6. The highest BCUT2D eigenvalue weighted by Gasteiger charge is 2.28. The lowest BCUT2D eigenvalue weighted by Crippen LogP contribution is -2.33. The lowest BCUT2D eigenvalue weighted by atomic mass is 10.2. The van der Waals surface area contributed by atoms with E-state index in [1.54, 1.807) is 24.3 Å². The van der Waals surface area contributed by atoms with E-state index in [4.69, 9.17) is 9.84 Å². The molecule has 0 aliphatic rings. The zero-order valence-corrected chi connectivity index (χ0v) is 11.4. The van der Waals surface area contributed by atoms with E-state index in [1.807, 2.05) is 0 Å². The fraction of sp³-hybridized carbons (Fsp3) is 0.357. The molecule has 0 spiro atoms. The maximum Gasteiger partial charge on any atom is 0.401 e. The number of hydrogen-bond donors (Lipinski definition) is 1. The summed E-state index contributed by atoms with van der Waals surface area (Å²) >= 11 is 0. The van der Waals surface area contributed by atoms with Crippen LogP contribution in [0, 0.1) is 0 Å². The van der Waals surface area contributed by atoms with Crippen LogP contribution < -0.4 is 4.74 Å². The fourth-order valence-corrected chi connectivity index (χ4v) is 1.55. The number of carboxylic acid groups (broad SMARTS) is 1. The Morgan fingerprint density at radius 3 is 2.48 bits per heavy atom. The molecule has 0 atom stereocenters. The van der Waals surface area contributed by atoms with Crippen molar-refractivity contribution in [2.45, 2.75) is 6.18 Å². The first kappa shape index (κ1) is 17.0. The van der Waals surface area contributed by atoms with Gasteiger partial charge in [0.15, 0.2) is 0 Å². The number of ether oxygens (including phenoxy) is 1. The van der Waals surface area contributed by atoms with Crippen LogP contribution in [-0.2, 0) is 4.79 Å². The highest BCUT2D eigenvalue weighted by molar-refractivity contribution is 5.85. The molecule has 0 aliphatic carbocycles. The summed E-state index contributed by atoms with van der Waals surface area (Å²) in [6.45, 7) is -0.688. The monoisotopic (exact) mass is 303 g/mol. The van der Waals surface area contributed by atoms with E-state index in [0.717, 1.165) is 11.0 Å². The average molecular weight is 303 g/mol. The lowest BCUT2D eigenvalue weighted by molar-refractivity contribution is -0.143. The third-order valence-electron chi connectivity index (χ3n) is 2.49. The SMILES string of the molecule is CN(CCOc1ccc(C=CC(=O)O)cc1)CC(F)(F)F. The highest BCUT2D eigenvalue weighted by atomic mass is 19.4. The van der Waals surface area contributed by atoms with Crippen LogP contribution in [0.4, 0.5) is 13.2 Å². The zero-order valence-electron chi connectivity index (χ0n) is 11.4. The minimum absolute atomic E-state index is 0.136. The molecule has 7 heteroatoms. The summed E-state index contributed by atoms with van der Waals surface area (Å²) in [5, 5.41) is 8.48. The topological polar surface area (TPSA) is 49.8 Å². The van der Waals surface area contributed by atoms with E-state index in [-0.39, 0.29) is 13.2 Å². The van der Waals surface area contributed by atoms with Gasteiger partial charge in [-0.1, -0.05) is 12.1 Å². The van der Waals surface area contributed by atoms with Crippen molar-refractivity contribution in [3.63, 3.8) is 0 Å². The summed E-state index contributed by atoms with van der Waals surface area (Å²) in [5.74, 6) is -0.522. The molecule has 0 fully saturated rings. The number of likely N-dealkylation sites (N-methyl/N-ethyl adjacent to an activating group) is 1. The molecule has 0 aromatic heterocycles. The predicted molar refractivity (Wildman–Crippen MR) is 72.2 cm³/mol. The second-order valence-electron chi connectivity index (χ2n) is 4.44. The fourth-order valence-electron chi connectivity index (χ4n) is 1.55. The molecule has 0 bridgehead atoms. The molecule has 0 heterocycles. The first-order valence-corrected chi connectivity index (χ1v) is 6.15. The number of benzene rings is 1. The van der Waals surface area contributed by atoms with Gasteiger partial charge in [0.1, 0.15) is 12.4 Å². The number of hydrogen-bond acceptors (Lipinski definition) is 3. The van der Waals surface area contributed by atoms with Gasteiger partial charge in [-0.3, -0.25) is 4.90 Å². The van der Waals surface area contributed by atoms with E-state index in [9.17, 15) is 18.0 Å². The normalized spacial score (nSPS) is 12.0. The predicted octanol–water partition coefficient (Wildman–Crippen LogP) is 2.66. The van der Waals surface area contributed by atoms with Gasteiger partial charge in [-0.05, 0) is 30.8 Å². The molecule has 4 nitrogen and oxygen atoms in total. The molecule has 0 saturated carbocycles. The van der Waals surface area contributed by atoms with Crippen LogP contribution in [0.15, 0.2) is 30.3 Å². The first-order chi connectivity index (χ1) is 9.76. The van der Waals surface area contributed by atoms with Crippen LogP contribution in [0.1, 0.15) is 5.56 Å². The van der Waals surface area contributed by atoms with Crippen molar-refractivity contribution in [1.82, 2.24) is 4.90 Å². The summed E-state index contributed by atoms with van der Waals surface area (Å²) in [7, 11) is 1.37. The minimum Gasteiger partial charge on any atom is -0.492 e. The van der Waals surface area contributed by atoms with Gasteiger partial charge in [-0.15, -0.1) is 0 Å². The van der Waals surface area contributed by atoms with Crippen LogP contribution in [0.3, 0.4) is 0 Å². The Kier molecular flexibility index (Phi) is 6.23. The summed E-state index contributed by atoms with van der Waals surface area (Å²) in [4.78, 5) is 11.5. The Morgan fingerprint density at radius 1 is 1.33 bits per heavy atom. The molecule has 1 aromatic carbocycles. The smallest absolute Gasteiger partial charge is 0.401 e. The number of rotatable bonds is 7. The van der Waals surface area contributed by atoms with E-state index < -0.39 is 18.7 Å². The maximum absolute atomic E-state index is 12.1. The van der Waals surface area contributed by atoms with Gasteiger partial charge >= 0.3 is 12.1 Å². The lowest BCUT2D eigenvalue weighted by Gasteiger charge is -2.18. The molecular weight excluding hydrogens is 287 g/mol. The zero-order chi connectivity index (χ0) is 15.9. The van der Waals surface area contributed by atoms with Crippen molar-refractivity contribution in [3.8, 4) is 5.75 Å². The Balaban J connectivity index is 2.38. The Bertz CT molecular complexity index is 483. The van der Waals surface area contributed by atoms with Crippen molar-refractivity contribution in [2.75, 3.05) is 26.7 Å². The number of halogens is 3. The molecule has 0 radical (unpaired) electrons. The highest BCUT2D eigenvalue weighted by Crippen LogP contribution is 2.16. The number of carbonyl (C=O) groups is 1. The van der Waals surface area contributed by atoms with Gasteiger partial charge in [0.2, 0.25) is 0 Å². The van der Waals surface area contributed by atoms with Gasteiger partial charge in [0.25, 0.3) is 0 Å². The number of nitrogens with zero attached hydrogens (tertiary/aromatic N) is 1. The minimum atomic E-state index is -4.22. The summed E-state index contributed by atoms with van der Waals surface area (Å²) in [6.07, 6.45) is -1.77. The van der Waals surface area contributed by atoms with Crippen LogP contribution in [0.2, 0.25) is 0 Å². The Labute approximate surface area is 120 Å². The molecular formula is C14H16F3NO3. The maximum atomic E-state index is 12.1. The first-order valence-electron chi connectivity index (χ1n) is 6.15.